The number of methoxy groups -OCH3 is 1. The maximum atomic E-state index is 11.8. The summed E-state index contributed by atoms with van der Waals surface area (Å²) in [5.74, 6) is 0.221. The molecule has 0 aliphatic rings. The molecule has 2 aromatic rings. The number of nitriles is 1. The van der Waals surface area contributed by atoms with Gasteiger partial charge < -0.3 is 10.1 Å². The highest BCUT2D eigenvalue weighted by molar-refractivity contribution is 5.92. The van der Waals surface area contributed by atoms with Crippen LogP contribution in [0.15, 0.2) is 36.7 Å². The molecule has 0 bridgehead atoms. The standard InChI is InChI=1S/C14H12N4O2/c1-20-13-5-3-11(8-17-13)9-18-14(19)12-4-2-10(6-15)7-16-12/h2-5,7-8H,9H2,1H3,(H,18,19). The van der Waals surface area contributed by atoms with E-state index in [1.54, 1.807) is 25.4 Å². The zero-order valence-corrected chi connectivity index (χ0v) is 10.8. The summed E-state index contributed by atoms with van der Waals surface area (Å²) in [6.07, 6.45) is 3.00. The van der Waals surface area contributed by atoms with E-state index in [4.69, 9.17) is 10.00 Å². The lowest BCUT2D eigenvalue weighted by Crippen LogP contribution is -2.23. The Morgan fingerprint density at radius 3 is 2.70 bits per heavy atom. The molecule has 0 fully saturated rings. The van der Waals surface area contributed by atoms with Crippen LogP contribution in [0.3, 0.4) is 0 Å². The van der Waals surface area contributed by atoms with E-state index in [1.807, 2.05) is 12.1 Å². The van der Waals surface area contributed by atoms with Crippen molar-refractivity contribution in [3.05, 3.63) is 53.5 Å². The molecule has 2 rings (SSSR count). The number of amides is 1. The Morgan fingerprint density at radius 2 is 2.15 bits per heavy atom. The van der Waals surface area contributed by atoms with E-state index in [1.165, 1.54) is 12.3 Å². The number of nitrogens with one attached hydrogen (secondary N) is 1. The van der Waals surface area contributed by atoms with Crippen LogP contribution in [0, 0.1) is 11.3 Å². The van der Waals surface area contributed by atoms with E-state index in [0.29, 0.717) is 18.0 Å². The first-order valence-corrected chi connectivity index (χ1v) is 5.86. The van der Waals surface area contributed by atoms with Gasteiger partial charge in [0.2, 0.25) is 5.88 Å². The number of aromatic nitrogens is 2. The summed E-state index contributed by atoms with van der Waals surface area (Å²) in [7, 11) is 1.54. The number of ether oxygens (including phenoxy) is 1. The van der Waals surface area contributed by atoms with Crippen molar-refractivity contribution < 1.29 is 9.53 Å². The molecule has 0 spiro atoms. The van der Waals surface area contributed by atoms with Gasteiger partial charge in [-0.1, -0.05) is 6.07 Å². The highest BCUT2D eigenvalue weighted by Crippen LogP contribution is 2.06. The molecule has 20 heavy (non-hydrogen) atoms. The van der Waals surface area contributed by atoms with E-state index in [-0.39, 0.29) is 11.6 Å². The summed E-state index contributed by atoms with van der Waals surface area (Å²) >= 11 is 0. The van der Waals surface area contributed by atoms with Gasteiger partial charge in [-0.3, -0.25) is 4.79 Å². The molecule has 0 aromatic carbocycles. The maximum absolute atomic E-state index is 11.8. The lowest BCUT2D eigenvalue weighted by molar-refractivity contribution is 0.0946. The number of rotatable bonds is 4. The SMILES string of the molecule is COc1ccc(CNC(=O)c2ccc(C#N)cn2)cn1. The second-order valence-corrected chi connectivity index (χ2v) is 3.94. The molecule has 0 saturated heterocycles. The van der Waals surface area contributed by atoms with Crippen LogP contribution in [0.2, 0.25) is 0 Å². The van der Waals surface area contributed by atoms with Gasteiger partial charge in [0.15, 0.2) is 0 Å². The highest BCUT2D eigenvalue weighted by atomic mass is 16.5. The Kier molecular flexibility index (Phi) is 4.24. The molecule has 2 heterocycles. The molecule has 2 aromatic heterocycles. The van der Waals surface area contributed by atoms with E-state index < -0.39 is 0 Å². The van der Waals surface area contributed by atoms with Gasteiger partial charge >= 0.3 is 0 Å². The van der Waals surface area contributed by atoms with Crippen molar-refractivity contribution in [2.75, 3.05) is 7.11 Å². The van der Waals surface area contributed by atoms with Crippen molar-refractivity contribution in [3.8, 4) is 11.9 Å². The Labute approximate surface area is 116 Å². The Balaban J connectivity index is 1.95. The van der Waals surface area contributed by atoms with Crippen LogP contribution < -0.4 is 10.1 Å². The second-order valence-electron chi connectivity index (χ2n) is 3.94. The van der Waals surface area contributed by atoms with Crippen LogP contribution in [0.25, 0.3) is 0 Å². The minimum atomic E-state index is -0.301. The fourth-order valence-electron chi connectivity index (χ4n) is 1.50. The first-order chi connectivity index (χ1) is 9.72. The Bertz CT molecular complexity index is 630. The molecule has 1 N–H and O–H groups in total. The Morgan fingerprint density at radius 1 is 1.30 bits per heavy atom. The molecule has 0 aliphatic heterocycles. The monoisotopic (exact) mass is 268 g/mol. The minimum absolute atomic E-state index is 0.269. The normalized spacial score (nSPS) is 9.60. The number of hydrogen-bond acceptors (Lipinski definition) is 5. The summed E-state index contributed by atoms with van der Waals surface area (Å²) in [6, 6.07) is 8.56. The largest absolute Gasteiger partial charge is 0.481 e. The van der Waals surface area contributed by atoms with Gasteiger partial charge in [0.25, 0.3) is 5.91 Å². The van der Waals surface area contributed by atoms with Crippen molar-refractivity contribution in [3.63, 3.8) is 0 Å². The van der Waals surface area contributed by atoms with Gasteiger partial charge in [-0.25, -0.2) is 9.97 Å². The summed E-state index contributed by atoms with van der Waals surface area (Å²) in [4.78, 5) is 19.8. The number of nitrogens with zero attached hydrogens (tertiary/aromatic N) is 3. The molecule has 0 radical (unpaired) electrons. The van der Waals surface area contributed by atoms with Gasteiger partial charge in [0.1, 0.15) is 11.8 Å². The predicted molar refractivity (Wildman–Crippen MR) is 70.9 cm³/mol. The topological polar surface area (TPSA) is 87.9 Å². The number of hydrogen-bond donors (Lipinski definition) is 1. The molecule has 0 aliphatic carbocycles. The molecule has 0 atom stereocenters. The van der Waals surface area contributed by atoms with E-state index in [0.717, 1.165) is 5.56 Å². The summed E-state index contributed by atoms with van der Waals surface area (Å²) < 4.78 is 4.95. The van der Waals surface area contributed by atoms with Crippen molar-refractivity contribution >= 4 is 5.91 Å². The molecule has 1 amide bonds. The van der Waals surface area contributed by atoms with Crippen LogP contribution in [-0.4, -0.2) is 23.0 Å². The smallest absolute Gasteiger partial charge is 0.270 e. The van der Waals surface area contributed by atoms with E-state index in [9.17, 15) is 4.79 Å². The zero-order valence-electron chi connectivity index (χ0n) is 10.8. The third kappa shape index (κ3) is 3.29. The average Bonchev–Trinajstić information content (AvgIpc) is 2.53. The summed E-state index contributed by atoms with van der Waals surface area (Å²) in [5.41, 5.74) is 1.54. The molecular weight excluding hydrogens is 256 g/mol. The lowest BCUT2D eigenvalue weighted by Gasteiger charge is -2.05. The van der Waals surface area contributed by atoms with Crippen LogP contribution in [0.4, 0.5) is 0 Å². The van der Waals surface area contributed by atoms with Crippen molar-refractivity contribution in [2.45, 2.75) is 6.54 Å². The van der Waals surface area contributed by atoms with Crippen LogP contribution >= 0.6 is 0 Å². The molecule has 100 valence electrons. The number of carbonyl (C=O) groups excluding carboxylic acids is 1. The minimum Gasteiger partial charge on any atom is -0.481 e. The third-order valence-corrected chi connectivity index (χ3v) is 2.59. The first-order valence-electron chi connectivity index (χ1n) is 5.86. The predicted octanol–water partition coefficient (Wildman–Crippen LogP) is 1.29. The van der Waals surface area contributed by atoms with Crippen LogP contribution in [-0.2, 0) is 6.54 Å². The zero-order chi connectivity index (χ0) is 14.4. The fraction of sp³-hybridized carbons (Fsp3) is 0.143. The Hall–Kier alpha value is -2.94. The quantitative estimate of drug-likeness (QED) is 0.902. The molecule has 6 heteroatoms. The van der Waals surface area contributed by atoms with Gasteiger partial charge in [-0.05, 0) is 17.7 Å². The fourth-order valence-corrected chi connectivity index (χ4v) is 1.50. The molecular formula is C14H12N4O2. The summed E-state index contributed by atoms with van der Waals surface area (Å²) in [5, 5.41) is 11.4. The lowest BCUT2D eigenvalue weighted by atomic mass is 10.2. The highest BCUT2D eigenvalue weighted by Gasteiger charge is 2.07. The van der Waals surface area contributed by atoms with Crippen molar-refractivity contribution in [1.29, 1.82) is 5.26 Å². The maximum Gasteiger partial charge on any atom is 0.270 e. The van der Waals surface area contributed by atoms with Gasteiger partial charge in [-0.15, -0.1) is 0 Å². The number of pyridine rings is 2. The summed E-state index contributed by atoms with van der Waals surface area (Å²) in [6.45, 7) is 0.345. The number of carbonyl (C=O) groups is 1. The molecule has 6 nitrogen and oxygen atoms in total. The molecule has 0 unspecified atom stereocenters. The molecule has 0 saturated carbocycles. The average molecular weight is 268 g/mol. The third-order valence-electron chi connectivity index (χ3n) is 2.59. The second kappa shape index (κ2) is 6.29. The first kappa shape index (κ1) is 13.5. The van der Waals surface area contributed by atoms with Crippen molar-refractivity contribution in [2.24, 2.45) is 0 Å². The van der Waals surface area contributed by atoms with E-state index in [2.05, 4.69) is 15.3 Å². The van der Waals surface area contributed by atoms with Crippen LogP contribution in [0.5, 0.6) is 5.88 Å². The van der Waals surface area contributed by atoms with Gasteiger partial charge in [0.05, 0.1) is 12.7 Å². The van der Waals surface area contributed by atoms with Gasteiger partial charge in [-0.2, -0.15) is 5.26 Å². The van der Waals surface area contributed by atoms with Crippen molar-refractivity contribution in [1.82, 2.24) is 15.3 Å². The van der Waals surface area contributed by atoms with Crippen LogP contribution in [0.1, 0.15) is 21.6 Å². The van der Waals surface area contributed by atoms with Gasteiger partial charge in [0, 0.05) is 25.0 Å². The van der Waals surface area contributed by atoms with E-state index >= 15 is 0 Å².